The maximum absolute atomic E-state index is 4.21. The molecule has 2 heteroatoms. The van der Waals surface area contributed by atoms with Gasteiger partial charge in [-0.05, 0) is 30.3 Å². The van der Waals surface area contributed by atoms with E-state index in [2.05, 4.69) is 56.6 Å². The van der Waals surface area contributed by atoms with Crippen LogP contribution >= 0.6 is 11.9 Å². The lowest BCUT2D eigenvalue weighted by Gasteiger charge is -2.32. The molecule has 0 heterocycles. The summed E-state index contributed by atoms with van der Waals surface area (Å²) in [5.41, 5.74) is 2.86. The van der Waals surface area contributed by atoms with Crippen LogP contribution < -0.4 is 4.72 Å². The van der Waals surface area contributed by atoms with Crippen molar-refractivity contribution in [1.29, 1.82) is 0 Å². The molecule has 0 aromatic rings. The van der Waals surface area contributed by atoms with Crippen LogP contribution in [-0.2, 0) is 0 Å². The van der Waals surface area contributed by atoms with E-state index in [4.69, 9.17) is 0 Å². The van der Waals surface area contributed by atoms with Gasteiger partial charge in [-0.3, -0.25) is 0 Å². The lowest BCUT2D eigenvalue weighted by atomic mass is 9.72. The molecule has 0 aromatic heterocycles. The molecule has 1 aliphatic rings. The first-order valence-electron chi connectivity index (χ1n) is 6.51. The van der Waals surface area contributed by atoms with E-state index >= 15 is 0 Å². The Bertz CT molecular complexity index is 324. The molecular formula is C15H25NS. The Balaban J connectivity index is 2.97. The van der Waals surface area contributed by atoms with Crippen LogP contribution in [0.25, 0.3) is 0 Å². The fourth-order valence-electron chi connectivity index (χ4n) is 2.60. The Morgan fingerprint density at radius 2 is 2.12 bits per heavy atom. The number of rotatable bonds is 6. The molecule has 1 nitrogen and oxygen atoms in total. The van der Waals surface area contributed by atoms with Crippen molar-refractivity contribution in [2.24, 2.45) is 11.3 Å². The molecule has 0 spiro atoms. The average molecular weight is 251 g/mol. The smallest absolute Gasteiger partial charge is 0.0174 e. The summed E-state index contributed by atoms with van der Waals surface area (Å²) < 4.78 is 3.37. The minimum Gasteiger partial charge on any atom is -0.334 e. The summed E-state index contributed by atoms with van der Waals surface area (Å²) in [5.74, 6) is 0.465. The molecular weight excluding hydrogens is 226 g/mol. The second kappa shape index (κ2) is 6.34. The van der Waals surface area contributed by atoms with Crippen molar-refractivity contribution in [3.63, 3.8) is 0 Å². The van der Waals surface area contributed by atoms with Crippen LogP contribution in [0.4, 0.5) is 0 Å². The monoisotopic (exact) mass is 251 g/mol. The van der Waals surface area contributed by atoms with Gasteiger partial charge in [0.25, 0.3) is 0 Å². The Labute approximate surface area is 111 Å². The standard InChI is InChI=1S/C15H25NS/c1-6-13(16-17-5)11-14-12(4)9-10-15(14,7-2)8-3/h9-11,14,16H,4,6-8H2,1-3,5H3/b13-11+. The summed E-state index contributed by atoms with van der Waals surface area (Å²) in [7, 11) is 0. The van der Waals surface area contributed by atoms with Crippen LogP contribution in [0.3, 0.4) is 0 Å². The van der Waals surface area contributed by atoms with E-state index in [1.54, 1.807) is 11.9 Å². The van der Waals surface area contributed by atoms with Gasteiger partial charge in [-0.2, -0.15) is 0 Å². The van der Waals surface area contributed by atoms with Gasteiger partial charge in [0, 0.05) is 17.9 Å². The first kappa shape index (κ1) is 14.4. The first-order valence-corrected chi connectivity index (χ1v) is 7.73. The van der Waals surface area contributed by atoms with Crippen molar-refractivity contribution in [3.05, 3.63) is 36.1 Å². The highest BCUT2D eigenvalue weighted by atomic mass is 32.2. The molecule has 0 saturated carbocycles. The molecule has 0 saturated heterocycles. The zero-order valence-electron chi connectivity index (χ0n) is 11.5. The third kappa shape index (κ3) is 2.98. The third-order valence-corrected chi connectivity index (χ3v) is 4.41. The predicted molar refractivity (Wildman–Crippen MR) is 79.8 cm³/mol. The first-order chi connectivity index (χ1) is 8.13. The van der Waals surface area contributed by atoms with Crippen molar-refractivity contribution in [2.75, 3.05) is 6.26 Å². The van der Waals surface area contributed by atoms with E-state index in [9.17, 15) is 0 Å². The van der Waals surface area contributed by atoms with Gasteiger partial charge in [-0.15, -0.1) is 0 Å². The quantitative estimate of drug-likeness (QED) is 0.687. The number of nitrogens with one attached hydrogen (secondary N) is 1. The Morgan fingerprint density at radius 1 is 1.47 bits per heavy atom. The van der Waals surface area contributed by atoms with Gasteiger partial charge < -0.3 is 4.72 Å². The zero-order valence-corrected chi connectivity index (χ0v) is 12.4. The highest BCUT2D eigenvalue weighted by molar-refractivity contribution is 7.96. The van der Waals surface area contributed by atoms with E-state index < -0.39 is 0 Å². The van der Waals surface area contributed by atoms with Crippen molar-refractivity contribution < 1.29 is 0 Å². The Hall–Kier alpha value is -0.630. The van der Waals surface area contributed by atoms with Gasteiger partial charge in [0.15, 0.2) is 0 Å². The molecule has 0 bridgehead atoms. The molecule has 0 aliphatic heterocycles. The molecule has 96 valence electrons. The van der Waals surface area contributed by atoms with E-state index in [-0.39, 0.29) is 5.41 Å². The fraction of sp³-hybridized carbons (Fsp3) is 0.600. The third-order valence-electron chi connectivity index (χ3n) is 3.95. The topological polar surface area (TPSA) is 12.0 Å². The Morgan fingerprint density at radius 3 is 2.59 bits per heavy atom. The van der Waals surface area contributed by atoms with E-state index in [1.807, 2.05) is 0 Å². The van der Waals surface area contributed by atoms with Crippen LogP contribution in [0.1, 0.15) is 40.0 Å². The number of hydrogen-bond acceptors (Lipinski definition) is 2. The van der Waals surface area contributed by atoms with Gasteiger partial charge in [-0.1, -0.05) is 57.5 Å². The zero-order chi connectivity index (χ0) is 12.9. The van der Waals surface area contributed by atoms with Crippen molar-refractivity contribution in [2.45, 2.75) is 40.0 Å². The van der Waals surface area contributed by atoms with Gasteiger partial charge in [0.05, 0.1) is 0 Å². The lowest BCUT2D eigenvalue weighted by molar-refractivity contribution is 0.300. The molecule has 1 atom stereocenters. The summed E-state index contributed by atoms with van der Waals surface area (Å²) in [6.07, 6.45) is 12.4. The summed E-state index contributed by atoms with van der Waals surface area (Å²) in [5, 5.41) is 0. The van der Waals surface area contributed by atoms with Crippen molar-refractivity contribution >= 4 is 11.9 Å². The summed E-state index contributed by atoms with van der Waals surface area (Å²) in [6, 6.07) is 0. The SMILES string of the molecule is C=C1C=CC(CC)(CC)C1/C=C(\CC)NSC. The molecule has 17 heavy (non-hydrogen) atoms. The molecule has 0 fully saturated rings. The highest BCUT2D eigenvalue weighted by Crippen LogP contribution is 2.47. The Kier molecular flexibility index (Phi) is 5.38. The molecule has 0 amide bonds. The molecule has 1 unspecified atom stereocenters. The van der Waals surface area contributed by atoms with Crippen LogP contribution in [0.2, 0.25) is 0 Å². The van der Waals surface area contributed by atoms with Gasteiger partial charge >= 0.3 is 0 Å². The minimum absolute atomic E-state index is 0.289. The average Bonchev–Trinajstić information content (AvgIpc) is 2.67. The fourth-order valence-corrected chi connectivity index (χ4v) is 3.08. The maximum atomic E-state index is 4.21. The van der Waals surface area contributed by atoms with Crippen molar-refractivity contribution in [1.82, 2.24) is 4.72 Å². The normalized spacial score (nSPS) is 23.2. The van der Waals surface area contributed by atoms with E-state index in [0.29, 0.717) is 5.92 Å². The second-order valence-corrected chi connectivity index (χ2v) is 5.29. The molecule has 1 N–H and O–H groups in total. The molecule has 1 rings (SSSR count). The molecule has 1 aliphatic carbocycles. The highest BCUT2D eigenvalue weighted by Gasteiger charge is 2.37. The van der Waals surface area contributed by atoms with Crippen LogP contribution in [-0.4, -0.2) is 6.26 Å². The minimum atomic E-state index is 0.289. The maximum Gasteiger partial charge on any atom is 0.0174 e. The summed E-state index contributed by atoms with van der Waals surface area (Å²) >= 11 is 1.67. The van der Waals surface area contributed by atoms with Crippen LogP contribution in [0, 0.1) is 11.3 Å². The van der Waals surface area contributed by atoms with Gasteiger partial charge in [0.2, 0.25) is 0 Å². The summed E-state index contributed by atoms with van der Waals surface area (Å²) in [6.45, 7) is 11.0. The predicted octanol–water partition coefficient (Wildman–Crippen LogP) is 4.70. The van der Waals surface area contributed by atoms with Crippen molar-refractivity contribution in [3.8, 4) is 0 Å². The molecule has 0 aromatic carbocycles. The molecule has 0 radical (unpaired) electrons. The van der Waals surface area contributed by atoms with Gasteiger partial charge in [-0.25, -0.2) is 0 Å². The van der Waals surface area contributed by atoms with E-state index in [0.717, 1.165) is 6.42 Å². The van der Waals surface area contributed by atoms with E-state index in [1.165, 1.54) is 24.1 Å². The number of hydrogen-bond donors (Lipinski definition) is 1. The number of allylic oxidation sites excluding steroid dienone is 5. The van der Waals surface area contributed by atoms with Crippen LogP contribution in [0.5, 0.6) is 0 Å². The van der Waals surface area contributed by atoms with Gasteiger partial charge in [0.1, 0.15) is 0 Å². The lowest BCUT2D eigenvalue weighted by Crippen LogP contribution is -2.24. The second-order valence-electron chi connectivity index (χ2n) is 4.68. The largest absolute Gasteiger partial charge is 0.334 e. The van der Waals surface area contributed by atoms with Crippen LogP contribution in [0.15, 0.2) is 36.1 Å². The summed E-state index contributed by atoms with van der Waals surface area (Å²) in [4.78, 5) is 0.